The van der Waals surface area contributed by atoms with Crippen LogP contribution in [0.15, 0.2) is 0 Å². The highest BCUT2D eigenvalue weighted by Crippen LogP contribution is 2.53. The van der Waals surface area contributed by atoms with Crippen LogP contribution in [-0.2, 0) is 0 Å². The molecule has 3 atom stereocenters. The molecule has 2 aliphatic rings. The zero-order valence-electron chi connectivity index (χ0n) is 12.8. The Hall–Kier alpha value is -0.160. The average Bonchev–Trinajstić information content (AvgIpc) is 2.29. The molecule has 0 radical (unpaired) electrons. The van der Waals surface area contributed by atoms with Gasteiger partial charge in [-0.25, -0.2) is 0 Å². The Morgan fingerprint density at radius 3 is 1.95 bits per heavy atom. The van der Waals surface area contributed by atoms with Crippen LogP contribution in [0.5, 0.6) is 0 Å². The maximum atomic E-state index is 6.98. The van der Waals surface area contributed by atoms with Gasteiger partial charge in [-0.15, -0.1) is 0 Å². The van der Waals surface area contributed by atoms with E-state index in [1.807, 2.05) is 0 Å². The lowest BCUT2D eigenvalue weighted by molar-refractivity contribution is -0.0400. The SMILES string of the molecule is CC1CC(N)CC(C)(C)C1(N)C1(N)CCC(N)CC1. The Morgan fingerprint density at radius 2 is 1.47 bits per heavy atom. The Morgan fingerprint density at radius 1 is 0.947 bits per heavy atom. The van der Waals surface area contributed by atoms with Gasteiger partial charge in [-0.05, 0) is 49.9 Å². The summed E-state index contributed by atoms with van der Waals surface area (Å²) in [5.41, 5.74) is 25.4. The second-order valence-corrected chi connectivity index (χ2v) is 7.85. The minimum atomic E-state index is -0.351. The summed E-state index contributed by atoms with van der Waals surface area (Å²) < 4.78 is 0. The van der Waals surface area contributed by atoms with Gasteiger partial charge in [0.25, 0.3) is 0 Å². The molecule has 0 aromatic rings. The van der Waals surface area contributed by atoms with Gasteiger partial charge in [0.1, 0.15) is 0 Å². The molecule has 112 valence electrons. The summed E-state index contributed by atoms with van der Waals surface area (Å²) in [6.07, 6.45) is 5.79. The number of hydrogen-bond acceptors (Lipinski definition) is 4. The minimum Gasteiger partial charge on any atom is -0.328 e. The van der Waals surface area contributed by atoms with Crippen LogP contribution in [0, 0.1) is 11.3 Å². The molecule has 0 aromatic heterocycles. The second kappa shape index (κ2) is 4.69. The van der Waals surface area contributed by atoms with Gasteiger partial charge in [-0.3, -0.25) is 0 Å². The number of hydrogen-bond donors (Lipinski definition) is 4. The molecule has 8 N–H and O–H groups in total. The van der Waals surface area contributed by atoms with Crippen LogP contribution in [0.3, 0.4) is 0 Å². The summed E-state index contributed by atoms with van der Waals surface area (Å²) in [5.74, 6) is 0.352. The quantitative estimate of drug-likeness (QED) is 0.571. The third kappa shape index (κ3) is 2.23. The van der Waals surface area contributed by atoms with E-state index in [1.54, 1.807) is 0 Å². The van der Waals surface area contributed by atoms with Crippen LogP contribution < -0.4 is 22.9 Å². The maximum absolute atomic E-state index is 6.98. The standard InChI is InChI=1S/C15H32N4/c1-10-8-12(17)9-13(2,3)15(10,19)14(18)6-4-11(16)5-7-14/h10-12H,4-9,16-19H2,1-3H3. The molecule has 0 bridgehead atoms. The Bertz CT molecular complexity index is 333. The summed E-state index contributed by atoms with van der Waals surface area (Å²) in [6.45, 7) is 6.71. The Balaban J connectivity index is 2.33. The molecule has 0 heterocycles. The summed E-state index contributed by atoms with van der Waals surface area (Å²) in [6, 6.07) is 0.542. The highest BCUT2D eigenvalue weighted by molar-refractivity contribution is 5.20. The van der Waals surface area contributed by atoms with E-state index in [-0.39, 0.29) is 22.5 Å². The number of rotatable bonds is 1. The molecule has 4 nitrogen and oxygen atoms in total. The molecule has 0 aliphatic heterocycles. The van der Waals surface area contributed by atoms with Crippen LogP contribution in [0.2, 0.25) is 0 Å². The molecule has 4 heteroatoms. The molecule has 0 saturated heterocycles. The van der Waals surface area contributed by atoms with Gasteiger partial charge in [0, 0.05) is 23.2 Å². The van der Waals surface area contributed by atoms with Crippen molar-refractivity contribution in [3.05, 3.63) is 0 Å². The van der Waals surface area contributed by atoms with E-state index in [9.17, 15) is 0 Å². The number of nitrogens with two attached hydrogens (primary N) is 4. The Labute approximate surface area is 117 Å². The highest BCUT2D eigenvalue weighted by Gasteiger charge is 2.60. The van der Waals surface area contributed by atoms with E-state index in [0.29, 0.717) is 12.0 Å². The third-order valence-corrected chi connectivity index (χ3v) is 6.07. The highest BCUT2D eigenvalue weighted by atomic mass is 15.0. The van der Waals surface area contributed by atoms with E-state index in [0.717, 1.165) is 38.5 Å². The molecule has 2 saturated carbocycles. The van der Waals surface area contributed by atoms with Gasteiger partial charge in [0.2, 0.25) is 0 Å². The van der Waals surface area contributed by atoms with Crippen molar-refractivity contribution in [2.24, 2.45) is 34.3 Å². The maximum Gasteiger partial charge on any atom is 0.0415 e. The monoisotopic (exact) mass is 268 g/mol. The van der Waals surface area contributed by atoms with E-state index in [1.165, 1.54) is 0 Å². The fourth-order valence-electron chi connectivity index (χ4n) is 4.95. The average molecular weight is 268 g/mol. The lowest BCUT2D eigenvalue weighted by Gasteiger charge is -2.63. The van der Waals surface area contributed by atoms with E-state index < -0.39 is 0 Å². The van der Waals surface area contributed by atoms with Crippen LogP contribution in [-0.4, -0.2) is 23.2 Å². The van der Waals surface area contributed by atoms with Gasteiger partial charge in [-0.1, -0.05) is 20.8 Å². The Kier molecular flexibility index (Phi) is 3.76. The summed E-state index contributed by atoms with van der Waals surface area (Å²) in [7, 11) is 0. The second-order valence-electron chi connectivity index (χ2n) is 7.85. The van der Waals surface area contributed by atoms with Crippen molar-refractivity contribution in [3.63, 3.8) is 0 Å². The van der Waals surface area contributed by atoms with Gasteiger partial charge in [-0.2, -0.15) is 0 Å². The predicted molar refractivity (Wildman–Crippen MR) is 80.4 cm³/mol. The van der Waals surface area contributed by atoms with Crippen molar-refractivity contribution in [1.82, 2.24) is 0 Å². The van der Waals surface area contributed by atoms with Crippen LogP contribution in [0.4, 0.5) is 0 Å². The minimum absolute atomic E-state index is 0.0275. The fraction of sp³-hybridized carbons (Fsp3) is 1.00. The van der Waals surface area contributed by atoms with Crippen molar-refractivity contribution < 1.29 is 0 Å². The molecule has 2 aliphatic carbocycles. The zero-order valence-corrected chi connectivity index (χ0v) is 12.8. The first-order chi connectivity index (χ1) is 8.62. The first-order valence-electron chi connectivity index (χ1n) is 7.71. The van der Waals surface area contributed by atoms with Gasteiger partial charge in [0.15, 0.2) is 0 Å². The fourth-order valence-corrected chi connectivity index (χ4v) is 4.95. The molecule has 0 amide bonds. The lowest BCUT2D eigenvalue weighted by Crippen LogP contribution is -2.78. The molecule has 3 unspecified atom stereocenters. The predicted octanol–water partition coefficient (Wildman–Crippen LogP) is 1.07. The summed E-state index contributed by atoms with van der Waals surface area (Å²) >= 11 is 0. The molecular weight excluding hydrogens is 236 g/mol. The van der Waals surface area contributed by atoms with Crippen LogP contribution in [0.1, 0.15) is 59.3 Å². The van der Waals surface area contributed by atoms with Gasteiger partial charge < -0.3 is 22.9 Å². The summed E-state index contributed by atoms with van der Waals surface area (Å²) in [5, 5.41) is 0. The molecule has 2 fully saturated rings. The normalized spacial score (nSPS) is 51.0. The van der Waals surface area contributed by atoms with Crippen LogP contribution in [0.25, 0.3) is 0 Å². The third-order valence-electron chi connectivity index (χ3n) is 6.07. The van der Waals surface area contributed by atoms with Gasteiger partial charge >= 0.3 is 0 Å². The van der Waals surface area contributed by atoms with Crippen molar-refractivity contribution in [1.29, 1.82) is 0 Å². The first-order valence-corrected chi connectivity index (χ1v) is 7.71. The van der Waals surface area contributed by atoms with Crippen molar-refractivity contribution in [2.45, 2.75) is 82.5 Å². The topological polar surface area (TPSA) is 104 Å². The van der Waals surface area contributed by atoms with Crippen LogP contribution >= 0.6 is 0 Å². The summed E-state index contributed by atoms with van der Waals surface area (Å²) in [4.78, 5) is 0. The van der Waals surface area contributed by atoms with E-state index in [4.69, 9.17) is 22.9 Å². The van der Waals surface area contributed by atoms with Gasteiger partial charge in [0.05, 0.1) is 0 Å². The van der Waals surface area contributed by atoms with E-state index >= 15 is 0 Å². The molecular formula is C15H32N4. The van der Waals surface area contributed by atoms with Crippen molar-refractivity contribution in [2.75, 3.05) is 0 Å². The zero-order chi connectivity index (χ0) is 14.5. The van der Waals surface area contributed by atoms with Crippen molar-refractivity contribution in [3.8, 4) is 0 Å². The molecule has 0 spiro atoms. The van der Waals surface area contributed by atoms with Crippen molar-refractivity contribution >= 4 is 0 Å². The molecule has 19 heavy (non-hydrogen) atoms. The largest absolute Gasteiger partial charge is 0.328 e. The molecule has 2 rings (SSSR count). The van der Waals surface area contributed by atoms with E-state index in [2.05, 4.69) is 20.8 Å². The first kappa shape index (κ1) is 15.2. The lowest BCUT2D eigenvalue weighted by atomic mass is 9.48. The molecule has 0 aromatic carbocycles. The smallest absolute Gasteiger partial charge is 0.0415 e.